The summed E-state index contributed by atoms with van der Waals surface area (Å²) in [5.74, 6) is -0.185. The molecule has 4 rings (SSSR count). The van der Waals surface area contributed by atoms with E-state index in [2.05, 4.69) is 42.5 Å². The van der Waals surface area contributed by atoms with Gasteiger partial charge in [-0.25, -0.2) is 4.79 Å². The third-order valence-corrected chi connectivity index (χ3v) is 6.17. The Morgan fingerprint density at radius 2 is 1.33 bits per heavy atom. The minimum absolute atomic E-state index is 0.185. The predicted octanol–water partition coefficient (Wildman–Crippen LogP) is 6.82. The molecule has 33 heavy (non-hydrogen) atoms. The summed E-state index contributed by atoms with van der Waals surface area (Å²) in [6, 6.07) is 24.0. The minimum Gasteiger partial charge on any atom is -0.327 e. The van der Waals surface area contributed by atoms with E-state index in [9.17, 15) is 9.59 Å². The zero-order valence-electron chi connectivity index (χ0n) is 17.5. The third-order valence-electron chi connectivity index (χ3n) is 5.11. The van der Waals surface area contributed by atoms with E-state index in [0.717, 1.165) is 25.6 Å². The van der Waals surface area contributed by atoms with Crippen molar-refractivity contribution in [2.75, 3.05) is 0 Å². The number of urea groups is 1. The number of carbonyl (C=O) groups is 2. The van der Waals surface area contributed by atoms with Crippen LogP contribution >= 0.6 is 31.9 Å². The summed E-state index contributed by atoms with van der Waals surface area (Å²) >= 11 is 6.85. The van der Waals surface area contributed by atoms with Gasteiger partial charge in [0, 0.05) is 14.5 Å². The second-order valence-corrected chi connectivity index (χ2v) is 9.23. The molecule has 0 saturated carbocycles. The van der Waals surface area contributed by atoms with E-state index < -0.39 is 6.04 Å². The lowest BCUT2D eigenvalue weighted by Gasteiger charge is -2.28. The number of allylic oxidation sites excluding steroid dienone is 2. The molecule has 3 aromatic rings. The Morgan fingerprint density at radius 1 is 0.758 bits per heavy atom. The van der Waals surface area contributed by atoms with Gasteiger partial charge >= 0.3 is 6.03 Å². The highest BCUT2D eigenvalue weighted by Gasteiger charge is 2.30. The van der Waals surface area contributed by atoms with Gasteiger partial charge in [0.2, 0.25) is 0 Å². The third kappa shape index (κ3) is 5.97. The fourth-order valence-electron chi connectivity index (χ4n) is 3.48. The van der Waals surface area contributed by atoms with Crippen molar-refractivity contribution in [3.05, 3.63) is 128 Å². The Labute approximate surface area is 209 Å². The average molecular weight is 564 g/mol. The van der Waals surface area contributed by atoms with Gasteiger partial charge in [0.25, 0.3) is 0 Å². The van der Waals surface area contributed by atoms with Crippen molar-refractivity contribution < 1.29 is 9.59 Å². The summed E-state index contributed by atoms with van der Waals surface area (Å²) < 4.78 is 1.95. The molecule has 0 saturated heterocycles. The highest BCUT2D eigenvalue weighted by Crippen LogP contribution is 2.29. The first-order valence-corrected chi connectivity index (χ1v) is 11.9. The molecule has 1 aliphatic heterocycles. The van der Waals surface area contributed by atoms with Crippen LogP contribution in [0.25, 0.3) is 12.2 Å². The maximum absolute atomic E-state index is 13.4. The number of benzene rings is 3. The summed E-state index contributed by atoms with van der Waals surface area (Å²) in [6.45, 7) is 0. The van der Waals surface area contributed by atoms with Crippen LogP contribution < -0.4 is 10.6 Å². The van der Waals surface area contributed by atoms with Crippen molar-refractivity contribution in [2.45, 2.75) is 6.04 Å². The van der Waals surface area contributed by atoms with Gasteiger partial charge in [-0.3, -0.25) is 4.79 Å². The summed E-state index contributed by atoms with van der Waals surface area (Å²) in [7, 11) is 0. The molecule has 0 bridgehead atoms. The molecule has 1 aliphatic rings. The molecule has 2 amide bonds. The molecule has 2 N–H and O–H groups in total. The molecule has 1 heterocycles. The molecule has 0 aromatic heterocycles. The summed E-state index contributed by atoms with van der Waals surface area (Å²) in [5, 5.41) is 5.70. The molecule has 3 aromatic carbocycles. The van der Waals surface area contributed by atoms with E-state index in [4.69, 9.17) is 0 Å². The van der Waals surface area contributed by atoms with E-state index in [-0.39, 0.29) is 11.8 Å². The van der Waals surface area contributed by atoms with Crippen LogP contribution in [-0.4, -0.2) is 11.8 Å². The number of hydrogen-bond acceptors (Lipinski definition) is 2. The van der Waals surface area contributed by atoms with Crippen LogP contribution in [0.2, 0.25) is 0 Å². The second-order valence-electron chi connectivity index (χ2n) is 7.40. The zero-order valence-corrected chi connectivity index (χ0v) is 20.6. The Hall–Kier alpha value is -3.22. The van der Waals surface area contributed by atoms with Crippen molar-refractivity contribution in [1.82, 2.24) is 10.6 Å². The maximum Gasteiger partial charge on any atom is 0.320 e. The van der Waals surface area contributed by atoms with Crippen LogP contribution in [0.15, 0.2) is 111 Å². The van der Waals surface area contributed by atoms with Crippen LogP contribution in [0, 0.1) is 0 Å². The summed E-state index contributed by atoms with van der Waals surface area (Å²) in [6.07, 6.45) is 6.97. The highest BCUT2D eigenvalue weighted by atomic mass is 79.9. The molecule has 4 nitrogen and oxygen atoms in total. The van der Waals surface area contributed by atoms with Crippen LogP contribution in [0.5, 0.6) is 0 Å². The standard InChI is InChI=1S/C27H20Br2N2O2/c28-21-12-6-18(7-13-21)10-16-23-25(24(32)17-11-19-8-14-22(29)15-9-19)26(31-27(33)30-23)20-4-2-1-3-5-20/h1-17,26H,(H2,30,31,33)/b16-10+,17-11+. The molecule has 164 valence electrons. The van der Waals surface area contributed by atoms with Crippen molar-refractivity contribution in [2.24, 2.45) is 0 Å². The normalized spacial score (nSPS) is 16.2. The van der Waals surface area contributed by atoms with Crippen molar-refractivity contribution in [3.63, 3.8) is 0 Å². The van der Waals surface area contributed by atoms with Gasteiger partial charge in [-0.15, -0.1) is 0 Å². The van der Waals surface area contributed by atoms with E-state index >= 15 is 0 Å². The largest absolute Gasteiger partial charge is 0.327 e. The van der Waals surface area contributed by atoms with Crippen molar-refractivity contribution in [1.29, 1.82) is 0 Å². The van der Waals surface area contributed by atoms with Crippen LogP contribution in [-0.2, 0) is 4.79 Å². The lowest BCUT2D eigenvalue weighted by molar-refractivity contribution is -0.111. The van der Waals surface area contributed by atoms with Gasteiger partial charge in [0.05, 0.1) is 11.7 Å². The molecule has 1 unspecified atom stereocenters. The van der Waals surface area contributed by atoms with E-state index in [1.54, 1.807) is 18.2 Å². The number of carbonyl (C=O) groups excluding carboxylic acids is 2. The van der Waals surface area contributed by atoms with Gasteiger partial charge in [0.15, 0.2) is 5.78 Å². The molecule has 0 spiro atoms. The molecular weight excluding hydrogens is 544 g/mol. The summed E-state index contributed by atoms with van der Waals surface area (Å²) in [5.41, 5.74) is 3.64. The first-order chi connectivity index (χ1) is 16.0. The molecule has 0 aliphatic carbocycles. The lowest BCUT2D eigenvalue weighted by atomic mass is 9.91. The molecular formula is C27H20Br2N2O2. The van der Waals surface area contributed by atoms with Crippen LogP contribution in [0.4, 0.5) is 4.79 Å². The zero-order chi connectivity index (χ0) is 23.2. The lowest BCUT2D eigenvalue weighted by Crippen LogP contribution is -2.45. The van der Waals surface area contributed by atoms with Crippen LogP contribution in [0.1, 0.15) is 22.7 Å². The maximum atomic E-state index is 13.4. The van der Waals surface area contributed by atoms with Crippen molar-refractivity contribution in [3.8, 4) is 0 Å². The number of amides is 2. The summed E-state index contributed by atoms with van der Waals surface area (Å²) in [4.78, 5) is 25.9. The first-order valence-electron chi connectivity index (χ1n) is 10.3. The number of rotatable bonds is 6. The topological polar surface area (TPSA) is 58.2 Å². The molecule has 0 radical (unpaired) electrons. The Balaban J connectivity index is 1.74. The van der Waals surface area contributed by atoms with Gasteiger partial charge in [-0.2, -0.15) is 0 Å². The average Bonchev–Trinajstić information content (AvgIpc) is 2.83. The van der Waals surface area contributed by atoms with Gasteiger partial charge in [-0.1, -0.05) is 98.6 Å². The fourth-order valence-corrected chi connectivity index (χ4v) is 4.00. The smallest absolute Gasteiger partial charge is 0.320 e. The van der Waals surface area contributed by atoms with Crippen molar-refractivity contribution >= 4 is 55.8 Å². The quantitative estimate of drug-likeness (QED) is 0.323. The SMILES string of the molecule is O=C1NC(/C=C/c2ccc(Br)cc2)=C(C(=O)/C=C/c2ccc(Br)cc2)C(c2ccccc2)N1. The van der Waals surface area contributed by atoms with E-state index in [1.807, 2.05) is 84.9 Å². The molecule has 1 atom stereocenters. The number of nitrogens with one attached hydrogen (secondary N) is 2. The Bertz CT molecular complexity index is 1250. The predicted molar refractivity (Wildman–Crippen MR) is 139 cm³/mol. The second kappa shape index (κ2) is 10.6. The first kappa shape index (κ1) is 23.0. The molecule has 0 fully saturated rings. The van der Waals surface area contributed by atoms with E-state index in [0.29, 0.717) is 11.3 Å². The Kier molecular flexibility index (Phi) is 7.37. The Morgan fingerprint density at radius 3 is 1.94 bits per heavy atom. The van der Waals surface area contributed by atoms with Crippen LogP contribution in [0.3, 0.4) is 0 Å². The van der Waals surface area contributed by atoms with Gasteiger partial charge < -0.3 is 10.6 Å². The monoisotopic (exact) mass is 562 g/mol. The number of hydrogen-bond donors (Lipinski definition) is 2. The minimum atomic E-state index is -0.563. The number of ketones is 1. The highest BCUT2D eigenvalue weighted by molar-refractivity contribution is 9.10. The van der Waals surface area contributed by atoms with Gasteiger partial charge in [0.1, 0.15) is 0 Å². The fraction of sp³-hybridized carbons (Fsp3) is 0.0370. The van der Waals surface area contributed by atoms with Gasteiger partial charge in [-0.05, 0) is 53.1 Å². The number of halogens is 2. The molecule has 6 heteroatoms. The van der Waals surface area contributed by atoms with E-state index in [1.165, 1.54) is 0 Å².